The third-order valence-electron chi connectivity index (χ3n) is 3.26. The number of benzene rings is 1. The van der Waals surface area contributed by atoms with E-state index in [9.17, 15) is 0 Å². The maximum atomic E-state index is 5.98. The Morgan fingerprint density at radius 3 is 2.40 bits per heavy atom. The zero-order valence-electron chi connectivity index (χ0n) is 12.6. The molecule has 0 radical (unpaired) electrons. The lowest BCUT2D eigenvalue weighted by Crippen LogP contribution is -2.40. The molecule has 1 rings (SSSR count). The lowest BCUT2D eigenvalue weighted by molar-refractivity contribution is 0.182. The molecule has 0 bridgehead atoms. The summed E-state index contributed by atoms with van der Waals surface area (Å²) < 4.78 is 0. The van der Waals surface area contributed by atoms with Gasteiger partial charge in [-0.15, -0.1) is 0 Å². The van der Waals surface area contributed by atoms with E-state index >= 15 is 0 Å². The predicted molar refractivity (Wildman–Crippen MR) is 92.8 cm³/mol. The molecule has 1 aromatic carbocycles. The van der Waals surface area contributed by atoms with Crippen molar-refractivity contribution in [2.75, 3.05) is 18.4 Å². The smallest absolute Gasteiger partial charge is 0.106 e. The molecular formula is C15H24ClN3S. The van der Waals surface area contributed by atoms with Crippen molar-refractivity contribution in [2.24, 2.45) is 5.73 Å². The van der Waals surface area contributed by atoms with Crippen LogP contribution >= 0.6 is 23.8 Å². The maximum absolute atomic E-state index is 5.98. The summed E-state index contributed by atoms with van der Waals surface area (Å²) in [5.41, 5.74) is 7.47. The maximum Gasteiger partial charge on any atom is 0.106 e. The first-order valence-corrected chi connectivity index (χ1v) is 7.70. The Labute approximate surface area is 132 Å². The van der Waals surface area contributed by atoms with E-state index in [0.717, 1.165) is 24.3 Å². The number of nitrogens with two attached hydrogens (primary N) is 1. The Morgan fingerprint density at radius 1 is 1.30 bits per heavy atom. The van der Waals surface area contributed by atoms with Crippen LogP contribution in [0.5, 0.6) is 0 Å². The lowest BCUT2D eigenvalue weighted by atomic mass is 10.1. The van der Waals surface area contributed by atoms with Gasteiger partial charge in [0, 0.05) is 41.4 Å². The van der Waals surface area contributed by atoms with Gasteiger partial charge in [0.15, 0.2) is 0 Å². The van der Waals surface area contributed by atoms with Gasteiger partial charge in [0.05, 0.1) is 0 Å². The van der Waals surface area contributed by atoms with Gasteiger partial charge in [0.2, 0.25) is 0 Å². The number of hydrogen-bond donors (Lipinski definition) is 2. The van der Waals surface area contributed by atoms with Crippen molar-refractivity contribution in [3.8, 4) is 0 Å². The van der Waals surface area contributed by atoms with Crippen LogP contribution in [0.15, 0.2) is 18.2 Å². The topological polar surface area (TPSA) is 41.3 Å². The highest BCUT2D eigenvalue weighted by Gasteiger charge is 2.13. The minimum absolute atomic E-state index is 0.361. The first kappa shape index (κ1) is 17.2. The molecule has 1 aromatic rings. The van der Waals surface area contributed by atoms with Crippen LogP contribution < -0.4 is 11.1 Å². The van der Waals surface area contributed by atoms with Crippen LogP contribution in [0.2, 0.25) is 5.02 Å². The van der Waals surface area contributed by atoms with E-state index in [1.807, 2.05) is 12.1 Å². The molecule has 0 saturated carbocycles. The van der Waals surface area contributed by atoms with Gasteiger partial charge in [0.1, 0.15) is 4.99 Å². The van der Waals surface area contributed by atoms with Crippen LogP contribution in [0.25, 0.3) is 0 Å². The average Bonchev–Trinajstić information content (AvgIpc) is 2.34. The van der Waals surface area contributed by atoms with Crippen molar-refractivity contribution in [3.05, 3.63) is 28.8 Å². The molecule has 20 heavy (non-hydrogen) atoms. The minimum Gasteiger partial charge on any atom is -0.389 e. The molecule has 0 spiro atoms. The van der Waals surface area contributed by atoms with Crippen molar-refractivity contribution in [2.45, 2.75) is 39.8 Å². The molecule has 0 atom stereocenters. The van der Waals surface area contributed by atoms with Gasteiger partial charge in [0.25, 0.3) is 0 Å². The molecule has 0 fully saturated rings. The summed E-state index contributed by atoms with van der Waals surface area (Å²) in [5, 5.41) is 4.04. The van der Waals surface area contributed by atoms with Crippen molar-refractivity contribution in [3.63, 3.8) is 0 Å². The predicted octanol–water partition coefficient (Wildman–Crippen LogP) is 3.50. The van der Waals surface area contributed by atoms with Crippen molar-refractivity contribution in [1.82, 2.24) is 4.90 Å². The second kappa shape index (κ2) is 7.81. The van der Waals surface area contributed by atoms with E-state index < -0.39 is 0 Å². The Kier molecular flexibility index (Phi) is 6.72. The zero-order valence-corrected chi connectivity index (χ0v) is 14.2. The van der Waals surface area contributed by atoms with Crippen molar-refractivity contribution < 1.29 is 0 Å². The van der Waals surface area contributed by atoms with Gasteiger partial charge in [-0.2, -0.15) is 0 Å². The molecule has 0 aliphatic rings. The molecule has 0 amide bonds. The van der Waals surface area contributed by atoms with Crippen LogP contribution in [-0.4, -0.2) is 35.1 Å². The van der Waals surface area contributed by atoms with Gasteiger partial charge < -0.3 is 11.1 Å². The third kappa shape index (κ3) is 4.93. The minimum atomic E-state index is 0.361. The third-order valence-corrected chi connectivity index (χ3v) is 3.71. The molecule has 112 valence electrons. The van der Waals surface area contributed by atoms with E-state index in [2.05, 4.69) is 37.9 Å². The number of thiocarbonyl (C=S) groups is 1. The highest BCUT2D eigenvalue weighted by Crippen LogP contribution is 2.20. The fourth-order valence-electron chi connectivity index (χ4n) is 2.31. The molecule has 3 N–H and O–H groups in total. The zero-order chi connectivity index (χ0) is 15.3. The summed E-state index contributed by atoms with van der Waals surface area (Å²) >= 11 is 11.0. The fraction of sp³-hybridized carbons (Fsp3) is 0.533. The largest absolute Gasteiger partial charge is 0.389 e. The number of halogens is 1. The van der Waals surface area contributed by atoms with E-state index in [1.165, 1.54) is 0 Å². The molecule has 0 unspecified atom stereocenters. The highest BCUT2D eigenvalue weighted by molar-refractivity contribution is 7.80. The summed E-state index contributed by atoms with van der Waals surface area (Å²) in [4.78, 5) is 2.79. The summed E-state index contributed by atoms with van der Waals surface area (Å²) in [6.45, 7) is 10.7. The molecule has 0 aromatic heterocycles. The molecule has 0 saturated heterocycles. The number of anilines is 1. The Hall–Kier alpha value is -0.840. The fourth-order valence-corrected chi connectivity index (χ4v) is 2.65. The Morgan fingerprint density at radius 2 is 1.90 bits per heavy atom. The molecule has 0 aliphatic heterocycles. The van der Waals surface area contributed by atoms with Crippen molar-refractivity contribution in [1.29, 1.82) is 0 Å². The normalized spacial score (nSPS) is 11.4. The first-order chi connectivity index (χ1) is 9.32. The van der Waals surface area contributed by atoms with Crippen LogP contribution in [0.1, 0.15) is 33.3 Å². The highest BCUT2D eigenvalue weighted by atomic mass is 35.5. The van der Waals surface area contributed by atoms with Crippen LogP contribution in [0.4, 0.5) is 5.69 Å². The van der Waals surface area contributed by atoms with Gasteiger partial charge in [-0.25, -0.2) is 0 Å². The molecule has 0 heterocycles. The van der Waals surface area contributed by atoms with E-state index in [-0.39, 0.29) is 0 Å². The number of rotatable bonds is 7. The number of hydrogen-bond acceptors (Lipinski definition) is 3. The molecular weight excluding hydrogens is 290 g/mol. The van der Waals surface area contributed by atoms with E-state index in [0.29, 0.717) is 22.1 Å². The van der Waals surface area contributed by atoms with Gasteiger partial charge in [-0.05, 0) is 45.9 Å². The van der Waals surface area contributed by atoms with Crippen molar-refractivity contribution >= 4 is 34.5 Å². The van der Waals surface area contributed by atoms with Gasteiger partial charge in [-0.3, -0.25) is 4.90 Å². The SMILES string of the molecule is CC(C)N(CCNc1ccc(Cl)cc1C(N)=S)C(C)C. The van der Waals surface area contributed by atoms with Crippen LogP contribution in [0.3, 0.4) is 0 Å². The number of nitrogens with one attached hydrogen (secondary N) is 1. The second-order valence-corrected chi connectivity index (χ2v) is 6.28. The molecule has 3 nitrogen and oxygen atoms in total. The van der Waals surface area contributed by atoms with E-state index in [4.69, 9.17) is 29.6 Å². The van der Waals surface area contributed by atoms with Gasteiger partial charge >= 0.3 is 0 Å². The summed E-state index contributed by atoms with van der Waals surface area (Å²) in [5.74, 6) is 0. The molecule has 0 aliphatic carbocycles. The second-order valence-electron chi connectivity index (χ2n) is 5.41. The number of nitrogens with zero attached hydrogens (tertiary/aromatic N) is 1. The lowest BCUT2D eigenvalue weighted by Gasteiger charge is -2.30. The van der Waals surface area contributed by atoms with Gasteiger partial charge in [-0.1, -0.05) is 23.8 Å². The monoisotopic (exact) mass is 313 g/mol. The van der Waals surface area contributed by atoms with E-state index in [1.54, 1.807) is 6.07 Å². The summed E-state index contributed by atoms with van der Waals surface area (Å²) in [7, 11) is 0. The quantitative estimate of drug-likeness (QED) is 0.756. The average molecular weight is 314 g/mol. The molecule has 5 heteroatoms. The summed E-state index contributed by atoms with van der Waals surface area (Å²) in [6.07, 6.45) is 0. The first-order valence-electron chi connectivity index (χ1n) is 6.92. The summed E-state index contributed by atoms with van der Waals surface area (Å²) in [6, 6.07) is 6.61. The standard InChI is InChI=1S/C15H24ClN3S/c1-10(2)19(11(3)4)8-7-18-14-6-5-12(16)9-13(14)15(17)20/h5-6,9-11,18H,7-8H2,1-4H3,(H2,17,20). The Balaban J connectivity index is 2.68. The van der Waals surface area contributed by atoms with Crippen LogP contribution in [0, 0.1) is 0 Å². The Bertz CT molecular complexity index is 452. The van der Waals surface area contributed by atoms with Crippen LogP contribution in [-0.2, 0) is 0 Å².